The molecule has 0 unspecified atom stereocenters. The fraction of sp³-hybridized carbons (Fsp3) is 0.179. The highest BCUT2D eigenvalue weighted by Crippen LogP contribution is 2.48. The van der Waals surface area contributed by atoms with Crippen molar-refractivity contribution in [1.29, 1.82) is 0 Å². The van der Waals surface area contributed by atoms with Crippen LogP contribution in [0.4, 0.5) is 10.5 Å². The molecule has 1 aromatic heterocycles. The van der Waals surface area contributed by atoms with Gasteiger partial charge in [0.25, 0.3) is 0 Å². The van der Waals surface area contributed by atoms with Gasteiger partial charge in [-0.2, -0.15) is 4.37 Å². The molecule has 1 amide bonds. The summed E-state index contributed by atoms with van der Waals surface area (Å²) in [5, 5.41) is 13.0. The third-order valence-corrected chi connectivity index (χ3v) is 7.69. The molecule has 0 saturated heterocycles. The van der Waals surface area contributed by atoms with E-state index in [0.717, 1.165) is 32.7 Å². The summed E-state index contributed by atoms with van der Waals surface area (Å²) >= 11 is 7.21. The van der Waals surface area contributed by atoms with E-state index >= 15 is 0 Å². The molecule has 1 saturated carbocycles. The van der Waals surface area contributed by atoms with Crippen molar-refractivity contribution < 1.29 is 19.4 Å². The second-order valence-electron chi connectivity index (χ2n) is 8.84. The highest BCUT2D eigenvalue weighted by atomic mass is 35.5. The van der Waals surface area contributed by atoms with Gasteiger partial charge in [-0.05, 0) is 71.2 Å². The molecule has 8 heteroatoms. The first-order valence-electron chi connectivity index (χ1n) is 11.4. The third kappa shape index (κ3) is 4.85. The van der Waals surface area contributed by atoms with Crippen molar-refractivity contribution in [3.63, 3.8) is 0 Å². The quantitative estimate of drug-likeness (QED) is 0.268. The van der Waals surface area contributed by atoms with Crippen LogP contribution in [0.5, 0.6) is 0 Å². The van der Waals surface area contributed by atoms with E-state index in [-0.39, 0.29) is 6.61 Å². The Morgan fingerprint density at radius 1 is 0.972 bits per heavy atom. The van der Waals surface area contributed by atoms with E-state index in [0.29, 0.717) is 29.2 Å². The summed E-state index contributed by atoms with van der Waals surface area (Å²) in [6.07, 6.45) is 0.826. The normalized spacial score (nSPS) is 13.7. The van der Waals surface area contributed by atoms with E-state index in [2.05, 4.69) is 9.69 Å². The van der Waals surface area contributed by atoms with Crippen molar-refractivity contribution in [1.82, 2.24) is 4.37 Å². The zero-order valence-corrected chi connectivity index (χ0v) is 21.0. The lowest BCUT2D eigenvalue weighted by molar-refractivity contribution is -0.140. The fourth-order valence-corrected chi connectivity index (χ4v) is 5.11. The molecule has 0 spiro atoms. The molecular weight excluding hydrogens is 496 g/mol. The number of carboxylic acid groups (broad SMARTS) is 1. The minimum atomic E-state index is -0.752. The summed E-state index contributed by atoms with van der Waals surface area (Å²) in [5.41, 5.74) is 5.29. The van der Waals surface area contributed by atoms with Gasteiger partial charge in [-0.3, -0.25) is 10.1 Å². The van der Waals surface area contributed by atoms with Gasteiger partial charge in [0.2, 0.25) is 0 Å². The van der Waals surface area contributed by atoms with Crippen molar-refractivity contribution in [2.24, 2.45) is 0 Å². The number of halogens is 1. The maximum atomic E-state index is 12.5. The maximum absolute atomic E-state index is 12.5. The second kappa shape index (κ2) is 9.76. The zero-order chi connectivity index (χ0) is 25.3. The third-order valence-electron chi connectivity index (χ3n) is 6.45. The Bertz CT molecular complexity index is 1410. The Morgan fingerprint density at radius 3 is 2.14 bits per heavy atom. The lowest BCUT2D eigenvalue weighted by Gasteiger charge is -2.11. The molecule has 0 aliphatic heterocycles. The summed E-state index contributed by atoms with van der Waals surface area (Å²) in [4.78, 5) is 24.9. The topological polar surface area (TPSA) is 88.5 Å². The van der Waals surface area contributed by atoms with Gasteiger partial charge in [0.1, 0.15) is 6.61 Å². The first-order chi connectivity index (χ1) is 17.4. The number of ether oxygens (including phenoxy) is 1. The number of carbonyl (C=O) groups is 2. The molecule has 0 atom stereocenters. The number of carbonyl (C=O) groups excluding carboxylic acids is 1. The number of aliphatic carboxylic acids is 1. The van der Waals surface area contributed by atoms with Crippen LogP contribution in [0.3, 0.4) is 0 Å². The number of carboxylic acids is 1. The Morgan fingerprint density at radius 2 is 1.56 bits per heavy atom. The number of aromatic nitrogens is 1. The lowest BCUT2D eigenvalue weighted by Crippen LogP contribution is -2.19. The van der Waals surface area contributed by atoms with E-state index in [1.165, 1.54) is 11.5 Å². The van der Waals surface area contributed by atoms with E-state index in [1.54, 1.807) is 12.1 Å². The Kier molecular flexibility index (Phi) is 6.51. The number of nitrogens with one attached hydrogen (secondary N) is 1. The Hall–Kier alpha value is -3.68. The van der Waals surface area contributed by atoms with E-state index in [1.807, 2.05) is 67.6 Å². The van der Waals surface area contributed by atoms with Crippen molar-refractivity contribution in [3.8, 4) is 21.6 Å². The summed E-state index contributed by atoms with van der Waals surface area (Å²) in [6, 6.07) is 22.9. The molecule has 5 rings (SSSR count). The van der Waals surface area contributed by atoms with Crippen molar-refractivity contribution in [3.05, 3.63) is 94.6 Å². The average molecular weight is 519 g/mol. The summed E-state index contributed by atoms with van der Waals surface area (Å²) in [7, 11) is 0. The Labute approximate surface area is 217 Å². The molecule has 0 radical (unpaired) electrons. The molecule has 1 heterocycles. The monoisotopic (exact) mass is 518 g/mol. The first kappa shape index (κ1) is 24.0. The highest BCUT2D eigenvalue weighted by molar-refractivity contribution is 7.10. The molecule has 4 aromatic rings. The van der Waals surface area contributed by atoms with Gasteiger partial charge in [-0.25, -0.2) is 4.79 Å². The second-order valence-corrected chi connectivity index (χ2v) is 10.1. The number of benzene rings is 3. The molecule has 3 aromatic carbocycles. The maximum Gasteiger partial charge on any atom is 0.412 e. The average Bonchev–Trinajstić information content (AvgIpc) is 3.63. The van der Waals surface area contributed by atoms with Gasteiger partial charge in [-0.15, -0.1) is 0 Å². The van der Waals surface area contributed by atoms with Crippen LogP contribution in [0.1, 0.15) is 29.7 Å². The molecule has 182 valence electrons. The fourth-order valence-electron chi connectivity index (χ4n) is 4.13. The highest BCUT2D eigenvalue weighted by Gasteiger charge is 2.51. The first-order valence-corrected chi connectivity index (χ1v) is 12.6. The zero-order valence-electron chi connectivity index (χ0n) is 19.5. The summed E-state index contributed by atoms with van der Waals surface area (Å²) in [5.74, 6) is -0.752. The molecule has 36 heavy (non-hydrogen) atoms. The van der Waals surface area contributed by atoms with Gasteiger partial charge in [0.05, 0.1) is 21.7 Å². The minimum Gasteiger partial charge on any atom is -0.481 e. The standard InChI is InChI=1S/C28H23ClN2O4S/c1-17-24(30-27(34)35-16-18-2-12-23(29)13-3-18)25(36-31-17)21-6-4-19(5-7-21)20-8-10-22(11-9-20)28(14-15-28)26(32)33/h2-13H,14-16H2,1H3,(H,30,34)(H,32,33). The van der Waals surface area contributed by atoms with Crippen LogP contribution < -0.4 is 5.32 Å². The van der Waals surface area contributed by atoms with E-state index < -0.39 is 17.5 Å². The van der Waals surface area contributed by atoms with Crippen LogP contribution in [-0.4, -0.2) is 21.5 Å². The van der Waals surface area contributed by atoms with Crippen LogP contribution in [-0.2, 0) is 21.6 Å². The van der Waals surface area contributed by atoms with Gasteiger partial charge in [0, 0.05) is 5.02 Å². The van der Waals surface area contributed by atoms with Crippen LogP contribution in [0.25, 0.3) is 21.6 Å². The largest absolute Gasteiger partial charge is 0.481 e. The number of hydrogen-bond acceptors (Lipinski definition) is 5. The predicted octanol–water partition coefficient (Wildman–Crippen LogP) is 7.30. The summed E-state index contributed by atoms with van der Waals surface area (Å²) < 4.78 is 9.78. The van der Waals surface area contributed by atoms with Crippen molar-refractivity contribution >= 4 is 40.9 Å². The number of aryl methyl sites for hydroxylation is 1. The molecular formula is C28H23ClN2O4S. The van der Waals surface area contributed by atoms with Gasteiger partial charge < -0.3 is 9.84 Å². The molecule has 1 aliphatic rings. The molecule has 6 nitrogen and oxygen atoms in total. The van der Waals surface area contributed by atoms with Crippen LogP contribution >= 0.6 is 23.1 Å². The molecule has 1 aliphatic carbocycles. The lowest BCUT2D eigenvalue weighted by atomic mass is 9.93. The van der Waals surface area contributed by atoms with Crippen molar-refractivity contribution in [2.75, 3.05) is 5.32 Å². The van der Waals surface area contributed by atoms with Crippen LogP contribution in [0.2, 0.25) is 5.02 Å². The summed E-state index contributed by atoms with van der Waals surface area (Å²) in [6.45, 7) is 1.98. The number of anilines is 1. The minimum absolute atomic E-state index is 0.135. The molecule has 2 N–H and O–H groups in total. The van der Waals surface area contributed by atoms with Crippen LogP contribution in [0.15, 0.2) is 72.8 Å². The van der Waals surface area contributed by atoms with Crippen LogP contribution in [0, 0.1) is 6.92 Å². The van der Waals surface area contributed by atoms with Gasteiger partial charge >= 0.3 is 12.1 Å². The number of rotatable bonds is 7. The van der Waals surface area contributed by atoms with Gasteiger partial charge in [-0.1, -0.05) is 72.3 Å². The predicted molar refractivity (Wildman–Crippen MR) is 142 cm³/mol. The SMILES string of the molecule is Cc1nsc(-c2ccc(-c3ccc(C4(C(=O)O)CC4)cc3)cc2)c1NC(=O)OCc1ccc(Cl)cc1. The van der Waals surface area contributed by atoms with Crippen molar-refractivity contribution in [2.45, 2.75) is 31.8 Å². The van der Waals surface area contributed by atoms with E-state index in [9.17, 15) is 14.7 Å². The van der Waals surface area contributed by atoms with Gasteiger partial charge in [0.15, 0.2) is 0 Å². The number of nitrogens with zero attached hydrogens (tertiary/aromatic N) is 1. The molecule has 0 bridgehead atoms. The smallest absolute Gasteiger partial charge is 0.412 e. The molecule has 1 fully saturated rings. The number of hydrogen-bond donors (Lipinski definition) is 2. The number of amides is 1. The van der Waals surface area contributed by atoms with E-state index in [4.69, 9.17) is 16.3 Å². The Balaban J connectivity index is 1.28.